The SMILES string of the molecule is CCOC1=CC2CCCCC2C=C1. The predicted molar refractivity (Wildman–Crippen MR) is 54.3 cm³/mol. The molecule has 2 aliphatic rings. The zero-order valence-electron chi connectivity index (χ0n) is 8.33. The molecule has 1 saturated carbocycles. The number of fused-ring (bicyclic) bond motifs is 1. The maximum absolute atomic E-state index is 5.51. The Balaban J connectivity index is 2.02. The molecule has 13 heavy (non-hydrogen) atoms. The topological polar surface area (TPSA) is 9.23 Å². The van der Waals surface area contributed by atoms with E-state index < -0.39 is 0 Å². The highest BCUT2D eigenvalue weighted by atomic mass is 16.5. The molecule has 2 atom stereocenters. The van der Waals surface area contributed by atoms with Crippen molar-refractivity contribution in [3.8, 4) is 0 Å². The second-order valence-electron chi connectivity index (χ2n) is 3.97. The van der Waals surface area contributed by atoms with Crippen LogP contribution in [0.2, 0.25) is 0 Å². The fraction of sp³-hybridized carbons (Fsp3) is 0.667. The Bertz CT molecular complexity index is 227. The van der Waals surface area contributed by atoms with Gasteiger partial charge in [-0.2, -0.15) is 0 Å². The summed E-state index contributed by atoms with van der Waals surface area (Å²) in [4.78, 5) is 0. The Morgan fingerprint density at radius 2 is 2.08 bits per heavy atom. The first-order chi connectivity index (χ1) is 6.40. The van der Waals surface area contributed by atoms with Gasteiger partial charge in [0.1, 0.15) is 5.76 Å². The molecule has 1 nitrogen and oxygen atoms in total. The van der Waals surface area contributed by atoms with E-state index in [0.29, 0.717) is 0 Å². The van der Waals surface area contributed by atoms with Crippen LogP contribution in [-0.4, -0.2) is 6.61 Å². The standard InChI is InChI=1S/C12H18O/c1-2-13-12-8-7-10-5-3-4-6-11(10)9-12/h7-11H,2-6H2,1H3. The average Bonchev–Trinajstić information content (AvgIpc) is 2.18. The van der Waals surface area contributed by atoms with Gasteiger partial charge >= 0.3 is 0 Å². The van der Waals surface area contributed by atoms with Crippen LogP contribution in [-0.2, 0) is 4.74 Å². The van der Waals surface area contributed by atoms with Gasteiger partial charge in [0, 0.05) is 0 Å². The quantitative estimate of drug-likeness (QED) is 0.630. The van der Waals surface area contributed by atoms with E-state index in [-0.39, 0.29) is 0 Å². The minimum atomic E-state index is 0.764. The van der Waals surface area contributed by atoms with Crippen LogP contribution in [0.4, 0.5) is 0 Å². The van der Waals surface area contributed by atoms with Crippen molar-refractivity contribution in [1.29, 1.82) is 0 Å². The third-order valence-corrected chi connectivity index (χ3v) is 3.07. The molecule has 2 unspecified atom stereocenters. The molecular weight excluding hydrogens is 160 g/mol. The summed E-state index contributed by atoms with van der Waals surface area (Å²) in [5.41, 5.74) is 0. The molecule has 1 fully saturated rings. The first kappa shape index (κ1) is 8.86. The zero-order chi connectivity index (χ0) is 9.10. The van der Waals surface area contributed by atoms with Crippen molar-refractivity contribution in [1.82, 2.24) is 0 Å². The van der Waals surface area contributed by atoms with Crippen LogP contribution < -0.4 is 0 Å². The van der Waals surface area contributed by atoms with E-state index in [9.17, 15) is 0 Å². The first-order valence-corrected chi connectivity index (χ1v) is 5.43. The van der Waals surface area contributed by atoms with Crippen LogP contribution in [0.5, 0.6) is 0 Å². The molecule has 0 aromatic rings. The normalized spacial score (nSPS) is 32.2. The highest BCUT2D eigenvalue weighted by molar-refractivity contribution is 5.21. The Kier molecular flexibility index (Phi) is 2.72. The number of hydrogen-bond acceptors (Lipinski definition) is 1. The van der Waals surface area contributed by atoms with E-state index >= 15 is 0 Å². The third kappa shape index (κ3) is 1.96. The van der Waals surface area contributed by atoms with Crippen molar-refractivity contribution in [3.05, 3.63) is 24.0 Å². The van der Waals surface area contributed by atoms with E-state index in [1.54, 1.807) is 0 Å². The summed E-state index contributed by atoms with van der Waals surface area (Å²) >= 11 is 0. The summed E-state index contributed by atoms with van der Waals surface area (Å²) in [6.07, 6.45) is 12.3. The molecule has 0 heterocycles. The van der Waals surface area contributed by atoms with Crippen LogP contribution in [0.3, 0.4) is 0 Å². The van der Waals surface area contributed by atoms with Crippen LogP contribution in [0, 0.1) is 11.8 Å². The second-order valence-corrected chi connectivity index (χ2v) is 3.97. The molecule has 0 N–H and O–H groups in total. The largest absolute Gasteiger partial charge is 0.494 e. The maximum atomic E-state index is 5.51. The summed E-state index contributed by atoms with van der Waals surface area (Å²) in [7, 11) is 0. The van der Waals surface area contributed by atoms with Gasteiger partial charge < -0.3 is 4.74 Å². The van der Waals surface area contributed by atoms with Crippen molar-refractivity contribution in [2.24, 2.45) is 11.8 Å². The Morgan fingerprint density at radius 3 is 2.85 bits per heavy atom. The van der Waals surface area contributed by atoms with E-state index in [4.69, 9.17) is 4.74 Å². The van der Waals surface area contributed by atoms with Crippen molar-refractivity contribution in [3.63, 3.8) is 0 Å². The lowest BCUT2D eigenvalue weighted by atomic mass is 9.77. The third-order valence-electron chi connectivity index (χ3n) is 3.07. The van der Waals surface area contributed by atoms with Crippen LogP contribution in [0.1, 0.15) is 32.6 Å². The van der Waals surface area contributed by atoms with Crippen molar-refractivity contribution >= 4 is 0 Å². The van der Waals surface area contributed by atoms with Gasteiger partial charge in [-0.15, -0.1) is 0 Å². The molecule has 1 heteroatoms. The van der Waals surface area contributed by atoms with Gasteiger partial charge in [-0.25, -0.2) is 0 Å². The molecule has 72 valence electrons. The second kappa shape index (κ2) is 3.99. The van der Waals surface area contributed by atoms with Gasteiger partial charge in [-0.05, 0) is 43.8 Å². The van der Waals surface area contributed by atoms with Crippen LogP contribution in [0.15, 0.2) is 24.0 Å². The molecule has 0 spiro atoms. The number of ether oxygens (including phenoxy) is 1. The molecule has 0 bridgehead atoms. The van der Waals surface area contributed by atoms with Gasteiger partial charge in [0.2, 0.25) is 0 Å². The monoisotopic (exact) mass is 178 g/mol. The van der Waals surface area contributed by atoms with Gasteiger partial charge in [-0.1, -0.05) is 18.9 Å². The molecule has 0 aromatic carbocycles. The highest BCUT2D eigenvalue weighted by Crippen LogP contribution is 2.35. The average molecular weight is 178 g/mol. The van der Waals surface area contributed by atoms with Gasteiger partial charge in [0.05, 0.1) is 6.61 Å². The van der Waals surface area contributed by atoms with Gasteiger partial charge in [-0.3, -0.25) is 0 Å². The van der Waals surface area contributed by atoms with Crippen LogP contribution in [0.25, 0.3) is 0 Å². The van der Waals surface area contributed by atoms with E-state index in [1.165, 1.54) is 25.7 Å². The minimum Gasteiger partial charge on any atom is -0.494 e. The Labute approximate surface area is 80.5 Å². The maximum Gasteiger partial charge on any atom is 0.115 e. The molecule has 0 saturated heterocycles. The number of hydrogen-bond donors (Lipinski definition) is 0. The predicted octanol–water partition coefficient (Wildman–Crippen LogP) is 3.28. The van der Waals surface area contributed by atoms with Crippen molar-refractivity contribution in [2.75, 3.05) is 6.61 Å². The van der Waals surface area contributed by atoms with E-state index in [2.05, 4.69) is 18.2 Å². The van der Waals surface area contributed by atoms with E-state index in [0.717, 1.165) is 24.2 Å². The summed E-state index contributed by atoms with van der Waals surface area (Å²) in [5, 5.41) is 0. The molecule has 2 aliphatic carbocycles. The van der Waals surface area contributed by atoms with Crippen LogP contribution >= 0.6 is 0 Å². The lowest BCUT2D eigenvalue weighted by molar-refractivity contribution is 0.227. The molecule has 0 amide bonds. The Morgan fingerprint density at radius 1 is 1.31 bits per heavy atom. The summed E-state index contributed by atoms with van der Waals surface area (Å²) in [5.74, 6) is 2.66. The number of allylic oxidation sites excluding steroid dienone is 3. The lowest BCUT2D eigenvalue weighted by Crippen LogP contribution is -2.18. The van der Waals surface area contributed by atoms with E-state index in [1.807, 2.05) is 6.92 Å². The minimum absolute atomic E-state index is 0.764. The molecule has 2 rings (SSSR count). The molecular formula is C12H18O. The van der Waals surface area contributed by atoms with Gasteiger partial charge in [0.15, 0.2) is 0 Å². The highest BCUT2D eigenvalue weighted by Gasteiger charge is 2.24. The summed E-state index contributed by atoms with van der Waals surface area (Å²) in [6.45, 7) is 2.83. The molecule has 0 aliphatic heterocycles. The fourth-order valence-corrected chi connectivity index (χ4v) is 2.38. The van der Waals surface area contributed by atoms with Crippen molar-refractivity contribution < 1.29 is 4.74 Å². The summed E-state index contributed by atoms with van der Waals surface area (Å²) in [6, 6.07) is 0. The summed E-state index contributed by atoms with van der Waals surface area (Å²) < 4.78 is 5.51. The van der Waals surface area contributed by atoms with Gasteiger partial charge in [0.25, 0.3) is 0 Å². The Hall–Kier alpha value is -0.720. The lowest BCUT2D eigenvalue weighted by Gasteiger charge is -2.30. The molecule has 0 aromatic heterocycles. The molecule has 0 radical (unpaired) electrons. The number of rotatable bonds is 2. The van der Waals surface area contributed by atoms with Crippen molar-refractivity contribution in [2.45, 2.75) is 32.6 Å². The fourth-order valence-electron chi connectivity index (χ4n) is 2.38. The zero-order valence-corrected chi connectivity index (χ0v) is 8.33. The smallest absolute Gasteiger partial charge is 0.115 e. The first-order valence-electron chi connectivity index (χ1n) is 5.43.